The van der Waals surface area contributed by atoms with Gasteiger partial charge in [0, 0.05) is 46.6 Å². The Labute approximate surface area is 141 Å². The molecule has 3 aliphatic rings. The number of amides is 2. The van der Waals surface area contributed by atoms with Crippen LogP contribution in [0.1, 0.15) is 47.8 Å². The quantitative estimate of drug-likeness (QED) is 0.921. The van der Waals surface area contributed by atoms with E-state index < -0.39 is 0 Å². The average molecular weight is 332 g/mol. The Morgan fingerprint density at radius 1 is 1.17 bits per heavy atom. The van der Waals surface area contributed by atoms with Crippen LogP contribution >= 0.6 is 11.3 Å². The number of aryl methyl sites for hydroxylation is 1. The van der Waals surface area contributed by atoms with Crippen molar-refractivity contribution in [3.63, 3.8) is 0 Å². The van der Waals surface area contributed by atoms with Crippen LogP contribution in [-0.2, 0) is 9.59 Å². The Morgan fingerprint density at radius 3 is 2.52 bits per heavy atom. The summed E-state index contributed by atoms with van der Waals surface area (Å²) in [5.41, 5.74) is 0. The minimum Gasteiger partial charge on any atom is -0.353 e. The topological polar surface area (TPSA) is 49.4 Å². The molecule has 0 unspecified atom stereocenters. The first-order valence-electron chi connectivity index (χ1n) is 8.77. The molecule has 4 rings (SSSR count). The van der Waals surface area contributed by atoms with Crippen molar-refractivity contribution in [1.29, 1.82) is 0 Å². The molecule has 1 N–H and O–H groups in total. The van der Waals surface area contributed by atoms with Crippen molar-refractivity contribution in [1.82, 2.24) is 10.2 Å². The summed E-state index contributed by atoms with van der Waals surface area (Å²) in [6.07, 6.45) is 4.91. The molecule has 2 heterocycles. The van der Waals surface area contributed by atoms with Gasteiger partial charge in [-0.15, -0.1) is 11.3 Å². The lowest BCUT2D eigenvalue weighted by Crippen LogP contribution is -2.44. The zero-order valence-electron chi connectivity index (χ0n) is 13.6. The fourth-order valence-electron chi connectivity index (χ4n) is 3.58. The van der Waals surface area contributed by atoms with Crippen molar-refractivity contribution in [2.24, 2.45) is 11.8 Å². The Kier molecular flexibility index (Phi) is 3.92. The molecule has 23 heavy (non-hydrogen) atoms. The van der Waals surface area contributed by atoms with E-state index in [0.29, 0.717) is 17.9 Å². The monoisotopic (exact) mass is 332 g/mol. The van der Waals surface area contributed by atoms with Gasteiger partial charge in [-0.05, 0) is 51.2 Å². The van der Waals surface area contributed by atoms with Gasteiger partial charge in [0.2, 0.25) is 11.8 Å². The number of piperidine rings is 1. The summed E-state index contributed by atoms with van der Waals surface area (Å²) in [7, 11) is 0. The Morgan fingerprint density at radius 2 is 1.91 bits per heavy atom. The molecule has 0 aromatic carbocycles. The lowest BCUT2D eigenvalue weighted by molar-refractivity contribution is -0.136. The fourth-order valence-corrected chi connectivity index (χ4v) is 4.63. The number of nitrogens with zero attached hydrogens (tertiary/aromatic N) is 1. The van der Waals surface area contributed by atoms with Gasteiger partial charge in [0.1, 0.15) is 0 Å². The molecule has 1 aromatic rings. The number of likely N-dealkylation sites (tertiary alicyclic amines) is 1. The predicted molar refractivity (Wildman–Crippen MR) is 90.4 cm³/mol. The zero-order chi connectivity index (χ0) is 16.0. The van der Waals surface area contributed by atoms with Crippen molar-refractivity contribution < 1.29 is 9.59 Å². The number of thiophene rings is 1. The average Bonchev–Trinajstić information content (AvgIpc) is 3.47. The van der Waals surface area contributed by atoms with Crippen LogP contribution in [0.3, 0.4) is 0 Å². The molecule has 124 valence electrons. The lowest BCUT2D eigenvalue weighted by Gasteiger charge is -2.31. The second-order valence-corrected chi connectivity index (χ2v) is 8.60. The molecule has 0 bridgehead atoms. The van der Waals surface area contributed by atoms with Crippen LogP contribution in [0, 0.1) is 18.8 Å². The smallest absolute Gasteiger partial charge is 0.226 e. The van der Waals surface area contributed by atoms with E-state index in [1.54, 1.807) is 0 Å². The molecule has 2 aliphatic carbocycles. The summed E-state index contributed by atoms with van der Waals surface area (Å²) in [6.45, 7) is 3.60. The summed E-state index contributed by atoms with van der Waals surface area (Å²) in [5, 5.41) is 3.09. The maximum atomic E-state index is 12.6. The van der Waals surface area contributed by atoms with E-state index >= 15 is 0 Å². The number of hydrogen-bond donors (Lipinski definition) is 1. The number of nitrogens with one attached hydrogen (secondary N) is 1. The van der Waals surface area contributed by atoms with Crippen LogP contribution in [0.5, 0.6) is 0 Å². The van der Waals surface area contributed by atoms with Crippen LogP contribution in [-0.4, -0.2) is 35.8 Å². The third-order valence-electron chi connectivity index (χ3n) is 5.34. The Hall–Kier alpha value is -1.36. The normalized spacial score (nSPS) is 27.8. The minimum absolute atomic E-state index is 0.106. The maximum absolute atomic E-state index is 12.6. The van der Waals surface area contributed by atoms with E-state index in [1.807, 2.05) is 16.2 Å². The van der Waals surface area contributed by atoms with E-state index in [-0.39, 0.29) is 17.7 Å². The first-order chi connectivity index (χ1) is 11.1. The molecule has 5 heteroatoms. The van der Waals surface area contributed by atoms with E-state index in [2.05, 4.69) is 24.4 Å². The second-order valence-electron chi connectivity index (χ2n) is 7.28. The van der Waals surface area contributed by atoms with Gasteiger partial charge in [0.15, 0.2) is 0 Å². The molecule has 3 fully saturated rings. The van der Waals surface area contributed by atoms with Gasteiger partial charge < -0.3 is 10.2 Å². The largest absolute Gasteiger partial charge is 0.353 e. The van der Waals surface area contributed by atoms with Crippen molar-refractivity contribution in [2.75, 3.05) is 13.1 Å². The van der Waals surface area contributed by atoms with Gasteiger partial charge in [-0.2, -0.15) is 0 Å². The minimum atomic E-state index is 0.106. The van der Waals surface area contributed by atoms with Crippen molar-refractivity contribution in [2.45, 2.75) is 51.0 Å². The van der Waals surface area contributed by atoms with Crippen molar-refractivity contribution in [3.05, 3.63) is 21.9 Å². The van der Waals surface area contributed by atoms with E-state index in [4.69, 9.17) is 0 Å². The molecule has 4 nitrogen and oxygen atoms in total. The van der Waals surface area contributed by atoms with Gasteiger partial charge in [0.25, 0.3) is 0 Å². The molecule has 2 atom stereocenters. The summed E-state index contributed by atoms with van der Waals surface area (Å²) >= 11 is 1.82. The lowest BCUT2D eigenvalue weighted by atomic mass is 9.95. The maximum Gasteiger partial charge on any atom is 0.226 e. The highest BCUT2D eigenvalue weighted by Gasteiger charge is 2.47. The predicted octanol–water partition coefficient (Wildman–Crippen LogP) is 2.68. The van der Waals surface area contributed by atoms with Gasteiger partial charge in [-0.25, -0.2) is 0 Å². The molecule has 1 aromatic heterocycles. The highest BCUT2D eigenvalue weighted by atomic mass is 32.1. The highest BCUT2D eigenvalue weighted by Crippen LogP contribution is 2.50. The van der Waals surface area contributed by atoms with E-state index in [9.17, 15) is 9.59 Å². The highest BCUT2D eigenvalue weighted by molar-refractivity contribution is 7.12. The summed E-state index contributed by atoms with van der Waals surface area (Å²) in [4.78, 5) is 29.4. The van der Waals surface area contributed by atoms with Crippen LogP contribution in [0.2, 0.25) is 0 Å². The zero-order valence-corrected chi connectivity index (χ0v) is 14.4. The van der Waals surface area contributed by atoms with Gasteiger partial charge in [0.05, 0.1) is 0 Å². The van der Waals surface area contributed by atoms with Crippen LogP contribution in [0.15, 0.2) is 12.1 Å². The molecule has 0 spiro atoms. The summed E-state index contributed by atoms with van der Waals surface area (Å²) < 4.78 is 0. The molecule has 0 radical (unpaired) electrons. The number of rotatable bonds is 4. The number of carbonyl (C=O) groups excluding carboxylic acids is 2. The number of hydrogen-bond acceptors (Lipinski definition) is 3. The molecule has 2 saturated carbocycles. The summed E-state index contributed by atoms with van der Waals surface area (Å²) in [5.74, 6) is 1.25. The molecular formula is C18H24N2O2S. The molecular weight excluding hydrogens is 308 g/mol. The van der Waals surface area contributed by atoms with Gasteiger partial charge in [-0.1, -0.05) is 0 Å². The third kappa shape index (κ3) is 3.30. The second kappa shape index (κ2) is 5.93. The van der Waals surface area contributed by atoms with Crippen LogP contribution < -0.4 is 5.32 Å². The Balaban J connectivity index is 1.27. The molecule has 1 aliphatic heterocycles. The van der Waals surface area contributed by atoms with E-state index in [1.165, 1.54) is 9.75 Å². The summed E-state index contributed by atoms with van der Waals surface area (Å²) in [6, 6.07) is 4.75. The fraction of sp³-hybridized carbons (Fsp3) is 0.667. The molecule has 1 saturated heterocycles. The number of carbonyl (C=O) groups is 2. The van der Waals surface area contributed by atoms with Gasteiger partial charge >= 0.3 is 0 Å². The van der Waals surface area contributed by atoms with E-state index in [0.717, 1.165) is 45.2 Å². The van der Waals surface area contributed by atoms with Crippen LogP contribution in [0.25, 0.3) is 0 Å². The third-order valence-corrected chi connectivity index (χ3v) is 6.47. The SMILES string of the molecule is Cc1ccc([C@@H]2C[C@@H]2C(=O)N2CCC(C(=O)NC3CC3)CC2)s1. The van der Waals surface area contributed by atoms with Gasteiger partial charge in [-0.3, -0.25) is 9.59 Å². The standard InChI is InChI=1S/C18H24N2O2S/c1-11-2-5-16(23-11)14-10-15(14)18(22)20-8-6-12(7-9-20)17(21)19-13-3-4-13/h2,5,12-15H,3-4,6-10H2,1H3,(H,19,21)/t14-,15+/m1/s1. The first kappa shape index (κ1) is 15.2. The first-order valence-corrected chi connectivity index (χ1v) is 9.59. The van der Waals surface area contributed by atoms with Crippen LogP contribution in [0.4, 0.5) is 0 Å². The Bertz CT molecular complexity index is 614. The molecule has 2 amide bonds. The van der Waals surface area contributed by atoms with Crippen molar-refractivity contribution in [3.8, 4) is 0 Å². The van der Waals surface area contributed by atoms with Crippen molar-refractivity contribution >= 4 is 23.2 Å².